The largest absolute Gasteiger partial charge is 0.397 e. The molecule has 0 atom stereocenters. The highest BCUT2D eigenvalue weighted by Crippen LogP contribution is 2.36. The number of halogens is 2. The quantitative estimate of drug-likeness (QED) is 0.840. The topological polar surface area (TPSA) is 72.4 Å². The molecule has 1 aromatic carbocycles. The molecular formula is C13H17Cl2N3O. The van der Waals surface area contributed by atoms with Gasteiger partial charge >= 0.3 is 0 Å². The van der Waals surface area contributed by atoms with E-state index in [1.54, 1.807) is 12.1 Å². The van der Waals surface area contributed by atoms with E-state index in [0.29, 0.717) is 15.7 Å². The van der Waals surface area contributed by atoms with Gasteiger partial charge in [0.1, 0.15) is 0 Å². The fraction of sp³-hybridized carbons (Fsp3) is 0.462. The van der Waals surface area contributed by atoms with Gasteiger partial charge < -0.3 is 16.4 Å². The lowest BCUT2D eigenvalue weighted by Crippen LogP contribution is -2.40. The van der Waals surface area contributed by atoms with Gasteiger partial charge in [-0.1, -0.05) is 36.0 Å². The molecule has 19 heavy (non-hydrogen) atoms. The summed E-state index contributed by atoms with van der Waals surface area (Å²) in [4.78, 5) is 13.2. The van der Waals surface area contributed by atoms with Crippen LogP contribution in [0.1, 0.15) is 25.7 Å². The summed E-state index contributed by atoms with van der Waals surface area (Å²) in [6, 6.07) is 3.61. The molecule has 0 saturated heterocycles. The molecule has 4 nitrogen and oxygen atoms in total. The van der Waals surface area contributed by atoms with Gasteiger partial charge in [0.15, 0.2) is 0 Å². The highest BCUT2D eigenvalue weighted by atomic mass is 35.5. The highest BCUT2D eigenvalue weighted by Gasteiger charge is 2.26. The first-order valence-corrected chi connectivity index (χ1v) is 7.04. The lowest BCUT2D eigenvalue weighted by atomic mass is 10.1. The van der Waals surface area contributed by atoms with Gasteiger partial charge in [0.25, 0.3) is 0 Å². The van der Waals surface area contributed by atoms with Crippen LogP contribution in [0.25, 0.3) is 0 Å². The fourth-order valence-corrected chi connectivity index (χ4v) is 2.93. The fourth-order valence-electron chi connectivity index (χ4n) is 2.60. The van der Waals surface area contributed by atoms with Gasteiger partial charge in [-0.05, 0) is 25.0 Å². The molecule has 0 aromatic heterocycles. The van der Waals surface area contributed by atoms with E-state index in [4.69, 9.17) is 34.7 Å². The summed E-state index contributed by atoms with van der Waals surface area (Å²) < 4.78 is 0. The maximum atomic E-state index is 11.3. The van der Waals surface area contributed by atoms with Crippen LogP contribution >= 0.6 is 23.2 Å². The Morgan fingerprint density at radius 1 is 1.26 bits per heavy atom. The van der Waals surface area contributed by atoms with Gasteiger partial charge in [-0.3, -0.25) is 4.79 Å². The molecule has 4 N–H and O–H groups in total. The van der Waals surface area contributed by atoms with Crippen LogP contribution in [0.4, 0.5) is 11.4 Å². The zero-order chi connectivity index (χ0) is 14.0. The Labute approximate surface area is 122 Å². The molecule has 1 saturated carbocycles. The normalized spacial score (nSPS) is 15.7. The second kappa shape index (κ2) is 5.88. The summed E-state index contributed by atoms with van der Waals surface area (Å²) in [5, 5.41) is 0.840. The van der Waals surface area contributed by atoms with Gasteiger partial charge in [-0.25, -0.2) is 0 Å². The van der Waals surface area contributed by atoms with E-state index in [-0.39, 0.29) is 18.5 Å². The van der Waals surface area contributed by atoms with Crippen molar-refractivity contribution in [3.63, 3.8) is 0 Å². The Morgan fingerprint density at radius 3 is 2.42 bits per heavy atom. The van der Waals surface area contributed by atoms with E-state index in [0.717, 1.165) is 31.4 Å². The Balaban J connectivity index is 2.36. The lowest BCUT2D eigenvalue weighted by Gasteiger charge is -2.31. The van der Waals surface area contributed by atoms with E-state index in [9.17, 15) is 4.79 Å². The van der Waals surface area contributed by atoms with Crippen molar-refractivity contribution in [2.24, 2.45) is 5.73 Å². The minimum atomic E-state index is -0.377. The number of hydrogen-bond donors (Lipinski definition) is 2. The van der Waals surface area contributed by atoms with Crippen LogP contribution in [-0.4, -0.2) is 18.5 Å². The third-order valence-electron chi connectivity index (χ3n) is 3.47. The van der Waals surface area contributed by atoms with Gasteiger partial charge in [-0.2, -0.15) is 0 Å². The number of anilines is 2. The van der Waals surface area contributed by atoms with Crippen LogP contribution in [0.15, 0.2) is 12.1 Å². The van der Waals surface area contributed by atoms with Crippen molar-refractivity contribution in [2.75, 3.05) is 17.2 Å². The van der Waals surface area contributed by atoms with Crippen LogP contribution in [0.5, 0.6) is 0 Å². The maximum Gasteiger partial charge on any atom is 0.236 e. The van der Waals surface area contributed by atoms with Gasteiger partial charge in [-0.15, -0.1) is 0 Å². The van der Waals surface area contributed by atoms with E-state index in [1.165, 1.54) is 0 Å². The van der Waals surface area contributed by atoms with Crippen LogP contribution in [0.2, 0.25) is 10.0 Å². The van der Waals surface area contributed by atoms with Gasteiger partial charge in [0, 0.05) is 6.04 Å². The van der Waals surface area contributed by atoms with E-state index < -0.39 is 0 Å². The predicted octanol–water partition coefficient (Wildman–Crippen LogP) is 2.81. The molecule has 0 spiro atoms. The Morgan fingerprint density at radius 2 is 1.84 bits per heavy atom. The summed E-state index contributed by atoms with van der Waals surface area (Å²) in [5.74, 6) is -0.377. The smallest absolute Gasteiger partial charge is 0.236 e. The molecule has 0 unspecified atom stereocenters. The standard InChI is InChI=1S/C13H17Cl2N3O/c14-9-5-11(16)12(6-10(9)15)18(7-13(17)19)8-3-1-2-4-8/h5-6,8H,1-4,7,16H2,(H2,17,19). The first kappa shape index (κ1) is 14.3. The molecule has 2 rings (SSSR count). The van der Waals surface area contributed by atoms with Crippen molar-refractivity contribution < 1.29 is 4.79 Å². The Bertz CT molecular complexity index is 487. The maximum absolute atomic E-state index is 11.3. The summed E-state index contributed by atoms with van der Waals surface area (Å²) >= 11 is 12.0. The number of carbonyl (C=O) groups is 1. The van der Waals surface area contributed by atoms with Crippen LogP contribution in [0.3, 0.4) is 0 Å². The Hall–Kier alpha value is -1.13. The van der Waals surface area contributed by atoms with Crippen LogP contribution in [-0.2, 0) is 4.79 Å². The average Bonchev–Trinajstić information content (AvgIpc) is 2.84. The second-order valence-electron chi connectivity index (χ2n) is 4.86. The molecule has 1 amide bonds. The molecule has 1 fully saturated rings. The predicted molar refractivity (Wildman–Crippen MR) is 79.7 cm³/mol. The first-order chi connectivity index (χ1) is 8.99. The molecule has 1 aromatic rings. The molecule has 6 heteroatoms. The van der Waals surface area contributed by atoms with E-state index in [1.807, 2.05) is 4.90 Å². The third-order valence-corrected chi connectivity index (χ3v) is 4.19. The summed E-state index contributed by atoms with van der Waals surface area (Å²) in [6.07, 6.45) is 4.38. The van der Waals surface area contributed by atoms with Crippen molar-refractivity contribution >= 4 is 40.5 Å². The summed E-state index contributed by atoms with van der Waals surface area (Å²) in [7, 11) is 0. The third kappa shape index (κ3) is 3.25. The Kier molecular flexibility index (Phi) is 4.42. The van der Waals surface area contributed by atoms with Gasteiger partial charge in [0.2, 0.25) is 5.91 Å². The highest BCUT2D eigenvalue weighted by molar-refractivity contribution is 6.42. The number of nitrogens with two attached hydrogens (primary N) is 2. The van der Waals surface area contributed by atoms with E-state index >= 15 is 0 Å². The zero-order valence-corrected chi connectivity index (χ0v) is 12.0. The molecule has 0 heterocycles. The lowest BCUT2D eigenvalue weighted by molar-refractivity contribution is -0.116. The molecule has 1 aliphatic carbocycles. The van der Waals surface area contributed by atoms with E-state index in [2.05, 4.69) is 0 Å². The molecular weight excluding hydrogens is 285 g/mol. The number of amides is 1. The van der Waals surface area contributed by atoms with Crippen molar-refractivity contribution in [1.29, 1.82) is 0 Å². The van der Waals surface area contributed by atoms with Crippen molar-refractivity contribution in [1.82, 2.24) is 0 Å². The number of rotatable bonds is 4. The zero-order valence-electron chi connectivity index (χ0n) is 10.5. The number of hydrogen-bond acceptors (Lipinski definition) is 3. The average molecular weight is 302 g/mol. The first-order valence-electron chi connectivity index (χ1n) is 6.28. The molecule has 0 radical (unpaired) electrons. The minimum Gasteiger partial charge on any atom is -0.397 e. The molecule has 1 aliphatic rings. The minimum absolute atomic E-state index is 0.146. The monoisotopic (exact) mass is 301 g/mol. The number of nitrogen functional groups attached to an aromatic ring is 1. The van der Waals surface area contributed by atoms with Crippen molar-refractivity contribution in [2.45, 2.75) is 31.7 Å². The second-order valence-corrected chi connectivity index (χ2v) is 5.67. The number of carbonyl (C=O) groups excluding carboxylic acids is 1. The van der Waals surface area contributed by atoms with Crippen molar-refractivity contribution in [3.05, 3.63) is 22.2 Å². The molecule has 104 valence electrons. The van der Waals surface area contributed by atoms with Crippen LogP contribution < -0.4 is 16.4 Å². The van der Waals surface area contributed by atoms with Crippen LogP contribution in [0, 0.1) is 0 Å². The SMILES string of the molecule is NC(=O)CN(c1cc(Cl)c(Cl)cc1N)C1CCCC1. The molecule has 0 aliphatic heterocycles. The van der Waals surface area contributed by atoms with Gasteiger partial charge in [0.05, 0.1) is 28.0 Å². The number of nitrogens with zero attached hydrogens (tertiary/aromatic N) is 1. The number of benzene rings is 1. The summed E-state index contributed by atoms with van der Waals surface area (Å²) in [6.45, 7) is 0.146. The number of primary amides is 1. The van der Waals surface area contributed by atoms with Crippen molar-refractivity contribution in [3.8, 4) is 0 Å². The summed E-state index contributed by atoms with van der Waals surface area (Å²) in [5.41, 5.74) is 12.6. The molecule has 0 bridgehead atoms.